The fourth-order valence-electron chi connectivity index (χ4n) is 3.38. The van der Waals surface area contributed by atoms with Crippen molar-refractivity contribution in [1.82, 2.24) is 20.4 Å². The first-order valence-corrected chi connectivity index (χ1v) is 10.0. The molecule has 0 spiro atoms. The molecule has 5 nitrogen and oxygen atoms in total. The average Bonchev–Trinajstić information content (AvgIpc) is 2.68. The number of benzene rings is 1. The summed E-state index contributed by atoms with van der Waals surface area (Å²) in [5, 5.41) is 6.96. The van der Waals surface area contributed by atoms with Crippen LogP contribution < -0.4 is 10.6 Å². The van der Waals surface area contributed by atoms with Crippen LogP contribution in [0.5, 0.6) is 0 Å². The number of rotatable bonds is 7. The molecule has 2 rings (SSSR count). The summed E-state index contributed by atoms with van der Waals surface area (Å²) < 4.78 is 0. The number of likely N-dealkylation sites (N-methyl/N-ethyl adjacent to an activating group) is 1. The van der Waals surface area contributed by atoms with Crippen molar-refractivity contribution < 1.29 is 0 Å². The van der Waals surface area contributed by atoms with Gasteiger partial charge in [0.05, 0.1) is 0 Å². The van der Waals surface area contributed by atoms with Gasteiger partial charge in [-0.15, -0.1) is 0 Å². The van der Waals surface area contributed by atoms with E-state index in [-0.39, 0.29) is 0 Å². The Morgan fingerprint density at radius 2 is 1.65 bits per heavy atom. The summed E-state index contributed by atoms with van der Waals surface area (Å²) in [6.07, 6.45) is 0. The van der Waals surface area contributed by atoms with Crippen LogP contribution in [0.15, 0.2) is 29.3 Å². The van der Waals surface area contributed by atoms with Crippen molar-refractivity contribution in [3.8, 4) is 0 Å². The zero-order chi connectivity index (χ0) is 18.9. The Kier molecular flexibility index (Phi) is 8.39. The maximum absolute atomic E-state index is 4.38. The van der Waals surface area contributed by atoms with E-state index >= 15 is 0 Å². The minimum absolute atomic E-state index is 0.452. The normalized spacial score (nSPS) is 19.2. The number of aryl methyl sites for hydroxylation is 1. The van der Waals surface area contributed by atoms with E-state index in [9.17, 15) is 0 Å². The van der Waals surface area contributed by atoms with Gasteiger partial charge in [-0.05, 0) is 31.9 Å². The third-order valence-corrected chi connectivity index (χ3v) is 5.49. The van der Waals surface area contributed by atoms with Crippen LogP contribution in [0.25, 0.3) is 0 Å². The van der Waals surface area contributed by atoms with Crippen LogP contribution in [-0.4, -0.2) is 74.7 Å². The van der Waals surface area contributed by atoms with Crippen LogP contribution in [0, 0.1) is 6.92 Å². The summed E-state index contributed by atoms with van der Waals surface area (Å²) in [6.45, 7) is 16.6. The molecule has 1 aliphatic heterocycles. The van der Waals surface area contributed by atoms with Crippen LogP contribution in [0.4, 0.5) is 0 Å². The monoisotopic (exact) mass is 359 g/mol. The van der Waals surface area contributed by atoms with Crippen molar-refractivity contribution in [3.63, 3.8) is 0 Å². The van der Waals surface area contributed by atoms with E-state index < -0.39 is 0 Å². The Balaban J connectivity index is 1.72. The molecule has 0 amide bonds. The topological polar surface area (TPSA) is 42.9 Å². The number of hydrogen-bond donors (Lipinski definition) is 2. The van der Waals surface area contributed by atoms with Gasteiger partial charge < -0.3 is 15.5 Å². The zero-order valence-corrected chi connectivity index (χ0v) is 17.3. The summed E-state index contributed by atoms with van der Waals surface area (Å²) in [7, 11) is 1.84. The van der Waals surface area contributed by atoms with Crippen molar-refractivity contribution in [2.24, 2.45) is 4.99 Å². The molecule has 1 aromatic rings. The Morgan fingerprint density at radius 3 is 2.23 bits per heavy atom. The lowest BCUT2D eigenvalue weighted by Crippen LogP contribution is -2.53. The molecule has 0 saturated carbocycles. The lowest BCUT2D eigenvalue weighted by atomic mass is 10.0. The van der Waals surface area contributed by atoms with Crippen molar-refractivity contribution in [3.05, 3.63) is 35.4 Å². The van der Waals surface area contributed by atoms with Crippen LogP contribution in [0.2, 0.25) is 0 Å². The molecular formula is C21H37N5. The number of guanidine groups is 1. The standard InChI is InChI=1S/C21H37N5/c1-6-25-11-13-26(14-12-25)19(4)16-24-21(22-5)23-15-18(3)20-9-7-17(2)8-10-20/h7-10,18-19H,6,11-16H2,1-5H3,(H2,22,23,24). The molecule has 1 aromatic carbocycles. The maximum atomic E-state index is 4.38. The summed E-state index contributed by atoms with van der Waals surface area (Å²) in [5.74, 6) is 1.34. The second-order valence-electron chi connectivity index (χ2n) is 7.46. The van der Waals surface area contributed by atoms with Gasteiger partial charge in [-0.3, -0.25) is 9.89 Å². The van der Waals surface area contributed by atoms with E-state index in [0.717, 1.165) is 38.7 Å². The molecule has 0 bridgehead atoms. The highest BCUT2D eigenvalue weighted by atomic mass is 15.3. The summed E-state index contributed by atoms with van der Waals surface area (Å²) in [5.41, 5.74) is 2.67. The van der Waals surface area contributed by atoms with E-state index in [2.05, 4.69) is 77.4 Å². The molecular weight excluding hydrogens is 322 g/mol. The molecule has 2 N–H and O–H groups in total. The number of aliphatic imine (C=N–C) groups is 1. The molecule has 2 unspecified atom stereocenters. The van der Waals surface area contributed by atoms with Gasteiger partial charge in [0.25, 0.3) is 0 Å². The molecule has 0 aliphatic carbocycles. The van der Waals surface area contributed by atoms with Gasteiger partial charge >= 0.3 is 0 Å². The predicted octanol–water partition coefficient (Wildman–Crippen LogP) is 2.29. The first kappa shape index (κ1) is 20.7. The molecule has 1 aliphatic rings. The molecule has 0 aromatic heterocycles. The van der Waals surface area contributed by atoms with E-state index in [1.165, 1.54) is 24.2 Å². The Morgan fingerprint density at radius 1 is 1.04 bits per heavy atom. The number of nitrogens with one attached hydrogen (secondary N) is 2. The predicted molar refractivity (Wildman–Crippen MR) is 112 cm³/mol. The Labute approximate surface area is 159 Å². The first-order valence-electron chi connectivity index (χ1n) is 10.0. The lowest BCUT2D eigenvalue weighted by Gasteiger charge is -2.37. The van der Waals surface area contributed by atoms with E-state index in [1.54, 1.807) is 0 Å². The van der Waals surface area contributed by atoms with Crippen molar-refractivity contribution in [2.45, 2.75) is 39.7 Å². The molecule has 26 heavy (non-hydrogen) atoms. The van der Waals surface area contributed by atoms with E-state index in [0.29, 0.717) is 12.0 Å². The zero-order valence-electron chi connectivity index (χ0n) is 17.3. The van der Waals surface area contributed by atoms with Gasteiger partial charge in [-0.25, -0.2) is 0 Å². The number of nitrogens with zero attached hydrogens (tertiary/aromatic N) is 3. The van der Waals surface area contributed by atoms with Gasteiger partial charge in [0.1, 0.15) is 0 Å². The highest BCUT2D eigenvalue weighted by Crippen LogP contribution is 2.14. The first-order chi connectivity index (χ1) is 12.5. The Hall–Kier alpha value is -1.59. The van der Waals surface area contributed by atoms with Crippen LogP contribution in [0.1, 0.15) is 37.8 Å². The molecule has 1 heterocycles. The molecule has 5 heteroatoms. The number of hydrogen-bond acceptors (Lipinski definition) is 3. The highest BCUT2D eigenvalue weighted by molar-refractivity contribution is 5.79. The highest BCUT2D eigenvalue weighted by Gasteiger charge is 2.20. The van der Waals surface area contributed by atoms with E-state index in [4.69, 9.17) is 0 Å². The molecule has 1 fully saturated rings. The minimum Gasteiger partial charge on any atom is -0.356 e. The summed E-state index contributed by atoms with van der Waals surface area (Å²) in [6, 6.07) is 9.31. The SMILES string of the molecule is CCN1CCN(C(C)CNC(=NC)NCC(C)c2ccc(C)cc2)CC1. The lowest BCUT2D eigenvalue weighted by molar-refractivity contribution is 0.107. The largest absolute Gasteiger partial charge is 0.356 e. The van der Waals surface area contributed by atoms with E-state index in [1.807, 2.05) is 7.05 Å². The van der Waals surface area contributed by atoms with Gasteiger partial charge in [0.15, 0.2) is 5.96 Å². The minimum atomic E-state index is 0.452. The van der Waals surface area contributed by atoms with Gasteiger partial charge in [0.2, 0.25) is 0 Å². The Bertz CT molecular complexity index is 546. The van der Waals surface area contributed by atoms with Crippen LogP contribution in [0.3, 0.4) is 0 Å². The molecule has 1 saturated heterocycles. The van der Waals surface area contributed by atoms with Gasteiger partial charge in [-0.1, -0.05) is 43.7 Å². The quantitative estimate of drug-likeness (QED) is 0.579. The second-order valence-corrected chi connectivity index (χ2v) is 7.46. The van der Waals surface area contributed by atoms with Crippen molar-refractivity contribution in [1.29, 1.82) is 0 Å². The third-order valence-electron chi connectivity index (χ3n) is 5.49. The van der Waals surface area contributed by atoms with Crippen LogP contribution in [-0.2, 0) is 0 Å². The van der Waals surface area contributed by atoms with Gasteiger partial charge in [-0.2, -0.15) is 0 Å². The summed E-state index contributed by atoms with van der Waals surface area (Å²) >= 11 is 0. The van der Waals surface area contributed by atoms with Crippen LogP contribution >= 0.6 is 0 Å². The van der Waals surface area contributed by atoms with Crippen molar-refractivity contribution >= 4 is 5.96 Å². The fourth-order valence-corrected chi connectivity index (χ4v) is 3.38. The number of piperazine rings is 1. The maximum Gasteiger partial charge on any atom is 0.191 e. The molecule has 146 valence electrons. The summed E-state index contributed by atoms with van der Waals surface area (Å²) in [4.78, 5) is 9.47. The van der Waals surface area contributed by atoms with Gasteiger partial charge in [0, 0.05) is 52.4 Å². The smallest absolute Gasteiger partial charge is 0.191 e. The average molecular weight is 360 g/mol. The molecule has 0 radical (unpaired) electrons. The fraction of sp³-hybridized carbons (Fsp3) is 0.667. The molecule has 2 atom stereocenters. The third kappa shape index (κ3) is 6.29. The second kappa shape index (κ2) is 10.5. The van der Waals surface area contributed by atoms with Crippen molar-refractivity contribution in [2.75, 3.05) is 52.9 Å².